The zero-order valence-corrected chi connectivity index (χ0v) is 12.0. The molecule has 0 aliphatic carbocycles. The average Bonchev–Trinajstić information content (AvgIpc) is 2.46. The summed E-state index contributed by atoms with van der Waals surface area (Å²) in [5.41, 5.74) is 0.849. The van der Waals surface area contributed by atoms with Gasteiger partial charge in [-0.05, 0) is 18.6 Å². The van der Waals surface area contributed by atoms with Gasteiger partial charge in [-0.3, -0.25) is 14.4 Å². The molecule has 1 aliphatic rings. The molecule has 21 heavy (non-hydrogen) atoms. The fourth-order valence-corrected chi connectivity index (χ4v) is 2.60. The highest BCUT2D eigenvalue weighted by Crippen LogP contribution is 2.31. The zero-order chi connectivity index (χ0) is 15.4. The predicted molar refractivity (Wildman–Crippen MR) is 78.4 cm³/mol. The summed E-state index contributed by atoms with van der Waals surface area (Å²) in [6.45, 7) is 2.55. The van der Waals surface area contributed by atoms with Crippen molar-refractivity contribution >= 4 is 23.3 Å². The number of Topliss-reactive ketones (excluding diaryl/α,β-unsaturated/α-hetero) is 1. The molecule has 5 heteroatoms. The fraction of sp³-hybridized carbons (Fsp3) is 0.438. The first-order valence-electron chi connectivity index (χ1n) is 7.25. The summed E-state index contributed by atoms with van der Waals surface area (Å²) in [6.07, 6.45) is 3.94. The monoisotopic (exact) mass is 289 g/mol. The molecule has 112 valence electrons. The number of aliphatic carboxylic acids is 1. The smallest absolute Gasteiger partial charge is 0.324 e. The number of carbonyl (C=O) groups excluding carboxylic acids is 2. The van der Waals surface area contributed by atoms with Crippen LogP contribution in [-0.2, 0) is 9.59 Å². The Morgan fingerprint density at radius 3 is 2.57 bits per heavy atom. The lowest BCUT2D eigenvalue weighted by atomic mass is 9.90. The molecule has 0 fully saturated rings. The van der Waals surface area contributed by atoms with Gasteiger partial charge in [0.2, 0.25) is 5.91 Å². The third-order valence-corrected chi connectivity index (χ3v) is 3.72. The molecule has 1 amide bonds. The largest absolute Gasteiger partial charge is 0.480 e. The lowest BCUT2D eigenvalue weighted by Gasteiger charge is -2.31. The Morgan fingerprint density at radius 2 is 1.90 bits per heavy atom. The van der Waals surface area contributed by atoms with Crippen LogP contribution in [0.3, 0.4) is 0 Å². The molecule has 1 atom stereocenters. The molecule has 1 aromatic rings. The minimum Gasteiger partial charge on any atom is -0.480 e. The van der Waals surface area contributed by atoms with Crippen molar-refractivity contribution in [1.82, 2.24) is 0 Å². The van der Waals surface area contributed by atoms with Crippen LogP contribution < -0.4 is 4.90 Å². The summed E-state index contributed by atoms with van der Waals surface area (Å²) in [5, 5.41) is 9.16. The number of fused-ring (bicyclic) bond motifs is 1. The molecule has 1 N–H and O–H groups in total. The molecule has 0 aromatic heterocycles. The molecule has 0 unspecified atom stereocenters. The van der Waals surface area contributed by atoms with E-state index in [0.717, 1.165) is 25.7 Å². The van der Waals surface area contributed by atoms with Crippen molar-refractivity contribution in [3.05, 3.63) is 29.8 Å². The van der Waals surface area contributed by atoms with E-state index in [4.69, 9.17) is 5.11 Å². The van der Waals surface area contributed by atoms with Gasteiger partial charge in [0, 0.05) is 12.1 Å². The van der Waals surface area contributed by atoms with Crippen molar-refractivity contribution in [3.8, 4) is 0 Å². The number of anilines is 1. The fourth-order valence-electron chi connectivity index (χ4n) is 2.60. The van der Waals surface area contributed by atoms with Gasteiger partial charge < -0.3 is 10.0 Å². The Labute approximate surface area is 123 Å². The number of carboxylic acids is 1. The Balaban J connectivity index is 2.29. The van der Waals surface area contributed by atoms with Crippen LogP contribution in [0.1, 0.15) is 43.0 Å². The zero-order valence-electron chi connectivity index (χ0n) is 12.0. The first-order valence-corrected chi connectivity index (χ1v) is 7.25. The van der Waals surface area contributed by atoms with E-state index in [2.05, 4.69) is 6.92 Å². The van der Waals surface area contributed by atoms with Crippen LogP contribution >= 0.6 is 0 Å². The van der Waals surface area contributed by atoms with Gasteiger partial charge in [-0.2, -0.15) is 0 Å². The first kappa shape index (κ1) is 15.2. The Bertz CT molecular complexity index is 567. The highest BCUT2D eigenvalue weighted by molar-refractivity contribution is 6.30. The van der Waals surface area contributed by atoms with Gasteiger partial charge in [-0.1, -0.05) is 38.3 Å². The number of carboxylic acid groups (broad SMARTS) is 1. The molecule has 0 radical (unpaired) electrons. The van der Waals surface area contributed by atoms with Gasteiger partial charge in [0.1, 0.15) is 0 Å². The van der Waals surface area contributed by atoms with E-state index in [-0.39, 0.29) is 0 Å². The normalized spacial score (nSPS) is 17.8. The minimum absolute atomic E-state index is 0.319. The van der Waals surface area contributed by atoms with Crippen molar-refractivity contribution < 1.29 is 19.5 Å². The van der Waals surface area contributed by atoms with E-state index >= 15 is 0 Å². The van der Waals surface area contributed by atoms with Gasteiger partial charge in [0.25, 0.3) is 0 Å². The van der Waals surface area contributed by atoms with Crippen LogP contribution in [0.5, 0.6) is 0 Å². The van der Waals surface area contributed by atoms with E-state index in [1.54, 1.807) is 24.3 Å². The van der Waals surface area contributed by atoms with Crippen molar-refractivity contribution in [3.63, 3.8) is 0 Å². The number of rotatable bonds is 6. The third-order valence-electron chi connectivity index (χ3n) is 3.72. The van der Waals surface area contributed by atoms with Gasteiger partial charge in [0.05, 0.1) is 5.69 Å². The van der Waals surface area contributed by atoms with Crippen molar-refractivity contribution in [2.45, 2.75) is 32.6 Å². The number of benzene rings is 1. The second-order valence-corrected chi connectivity index (χ2v) is 5.20. The van der Waals surface area contributed by atoms with Crippen molar-refractivity contribution in [1.29, 1.82) is 0 Å². The summed E-state index contributed by atoms with van der Waals surface area (Å²) < 4.78 is 0. The predicted octanol–water partition coefficient (Wildman–Crippen LogP) is 2.50. The van der Waals surface area contributed by atoms with Gasteiger partial charge >= 0.3 is 5.97 Å². The molecular weight excluding hydrogens is 270 g/mol. The van der Waals surface area contributed by atoms with Crippen molar-refractivity contribution in [2.24, 2.45) is 5.92 Å². The highest BCUT2D eigenvalue weighted by Gasteiger charge is 2.43. The van der Waals surface area contributed by atoms with Gasteiger partial charge in [0.15, 0.2) is 11.7 Å². The van der Waals surface area contributed by atoms with Gasteiger partial charge in [-0.15, -0.1) is 0 Å². The summed E-state index contributed by atoms with van der Waals surface area (Å²) >= 11 is 0. The number of hydrogen-bond donors (Lipinski definition) is 1. The number of ketones is 1. The van der Waals surface area contributed by atoms with E-state index in [1.807, 2.05) is 0 Å². The summed E-state index contributed by atoms with van der Waals surface area (Å²) in [4.78, 5) is 37.2. The standard InChI is InChI=1S/C16H19NO4/c1-2-3-4-7-10-17-12-9-6-5-8-11(12)14(18)13(15(17)19)16(20)21/h5-6,8-9,13H,2-4,7,10H2,1H3,(H,20,21)/t13-/m1/s1. The van der Waals surface area contributed by atoms with E-state index in [9.17, 15) is 14.4 Å². The number of amides is 1. The molecule has 0 bridgehead atoms. The molecule has 1 aliphatic heterocycles. The quantitative estimate of drug-likeness (QED) is 0.645. The highest BCUT2D eigenvalue weighted by atomic mass is 16.4. The summed E-state index contributed by atoms with van der Waals surface area (Å²) in [6, 6.07) is 6.71. The minimum atomic E-state index is -1.61. The number of carbonyl (C=O) groups is 3. The van der Waals surface area contributed by atoms with Crippen LogP contribution in [-0.4, -0.2) is 29.3 Å². The molecule has 0 saturated heterocycles. The molecule has 1 heterocycles. The van der Waals surface area contributed by atoms with Crippen LogP contribution in [0.25, 0.3) is 0 Å². The second-order valence-electron chi connectivity index (χ2n) is 5.20. The maximum atomic E-state index is 12.3. The average molecular weight is 289 g/mol. The molecular formula is C16H19NO4. The molecule has 0 spiro atoms. The molecule has 1 aromatic carbocycles. The molecule has 2 rings (SSSR count). The third kappa shape index (κ3) is 2.96. The maximum absolute atomic E-state index is 12.3. The van der Waals surface area contributed by atoms with Crippen LogP contribution in [0.2, 0.25) is 0 Å². The first-order chi connectivity index (χ1) is 10.1. The Morgan fingerprint density at radius 1 is 1.19 bits per heavy atom. The van der Waals surface area contributed by atoms with Crippen LogP contribution in [0.15, 0.2) is 24.3 Å². The number of hydrogen-bond acceptors (Lipinski definition) is 3. The topological polar surface area (TPSA) is 74.7 Å². The lowest BCUT2D eigenvalue weighted by Crippen LogP contribution is -2.48. The summed E-state index contributed by atoms with van der Waals surface area (Å²) in [5.74, 6) is -4.22. The molecule has 5 nitrogen and oxygen atoms in total. The summed E-state index contributed by atoms with van der Waals surface area (Å²) in [7, 11) is 0. The number of para-hydroxylation sites is 1. The number of nitrogens with zero attached hydrogens (tertiary/aromatic N) is 1. The van der Waals surface area contributed by atoms with Crippen LogP contribution in [0.4, 0.5) is 5.69 Å². The lowest BCUT2D eigenvalue weighted by molar-refractivity contribution is -0.144. The Hall–Kier alpha value is -2.17. The van der Waals surface area contributed by atoms with E-state index in [1.165, 1.54) is 4.90 Å². The Kier molecular flexibility index (Phi) is 4.73. The van der Waals surface area contributed by atoms with Crippen molar-refractivity contribution in [2.75, 3.05) is 11.4 Å². The molecule has 0 saturated carbocycles. The van der Waals surface area contributed by atoms with Gasteiger partial charge in [-0.25, -0.2) is 0 Å². The SMILES string of the molecule is CCCCCCN1C(=O)[C@H](C(=O)O)C(=O)c2ccccc21. The maximum Gasteiger partial charge on any atom is 0.324 e. The van der Waals surface area contributed by atoms with E-state index in [0.29, 0.717) is 17.8 Å². The second kappa shape index (κ2) is 6.52. The van der Waals surface area contributed by atoms with E-state index < -0.39 is 23.6 Å². The van der Waals surface area contributed by atoms with Crippen LogP contribution in [0, 0.1) is 5.92 Å². The number of unbranched alkanes of at least 4 members (excludes halogenated alkanes) is 3.